The summed E-state index contributed by atoms with van der Waals surface area (Å²) in [5, 5.41) is 9.05. The molecule has 1 aliphatic heterocycles. The maximum atomic E-state index is 5.63. The van der Waals surface area contributed by atoms with E-state index in [1.165, 1.54) is 5.56 Å². The quantitative estimate of drug-likeness (QED) is 0.606. The Morgan fingerprint density at radius 2 is 1.85 bits per heavy atom. The van der Waals surface area contributed by atoms with Crippen LogP contribution < -0.4 is 5.32 Å². The van der Waals surface area contributed by atoms with Crippen LogP contribution in [0.5, 0.6) is 0 Å². The molecule has 1 N–H and O–H groups in total. The molecule has 4 aromatic rings. The first-order chi connectivity index (χ1) is 13.4. The lowest BCUT2D eigenvalue weighted by Crippen LogP contribution is -2.19. The van der Waals surface area contributed by atoms with Crippen LogP contribution in [-0.2, 0) is 24.3 Å². The number of ether oxygens (including phenoxy) is 1. The third-order valence-corrected chi connectivity index (χ3v) is 4.79. The number of fused-ring (bicyclic) bond motifs is 2. The van der Waals surface area contributed by atoms with Crippen molar-refractivity contribution < 1.29 is 4.74 Å². The Morgan fingerprint density at radius 1 is 1.00 bits per heavy atom. The topological polar surface area (TPSA) is 64.9 Å². The lowest BCUT2D eigenvalue weighted by Gasteiger charge is -2.20. The van der Waals surface area contributed by atoms with Crippen molar-refractivity contribution in [3.8, 4) is 5.95 Å². The first-order valence-electron chi connectivity index (χ1n) is 9.07. The minimum absolute atomic E-state index is 0.504. The lowest BCUT2D eigenvalue weighted by molar-refractivity contribution is 0.107. The van der Waals surface area contributed by atoms with Crippen molar-refractivity contribution in [3.05, 3.63) is 77.6 Å². The number of nitrogens with zero attached hydrogens (tertiary/aromatic N) is 4. The molecular weight excluding hydrogens is 338 g/mol. The number of hydrogen-bond acceptors (Lipinski definition) is 5. The maximum Gasteiger partial charge on any atom is 0.253 e. The van der Waals surface area contributed by atoms with Crippen molar-refractivity contribution in [1.82, 2.24) is 19.7 Å². The van der Waals surface area contributed by atoms with Crippen LogP contribution in [0.3, 0.4) is 0 Å². The van der Waals surface area contributed by atoms with E-state index in [0.29, 0.717) is 25.7 Å². The molecule has 1 aliphatic rings. The molecule has 2 aromatic carbocycles. The molecule has 6 heteroatoms. The van der Waals surface area contributed by atoms with E-state index >= 15 is 0 Å². The summed E-state index contributed by atoms with van der Waals surface area (Å²) in [4.78, 5) is 9.56. The van der Waals surface area contributed by atoms with Gasteiger partial charge < -0.3 is 10.1 Å². The van der Waals surface area contributed by atoms with Crippen molar-refractivity contribution in [2.24, 2.45) is 0 Å². The molecule has 2 aromatic heterocycles. The highest BCUT2D eigenvalue weighted by molar-refractivity contribution is 5.79. The molecule has 134 valence electrons. The van der Waals surface area contributed by atoms with Crippen LogP contribution in [0.25, 0.3) is 16.9 Å². The zero-order chi connectivity index (χ0) is 18.1. The molecule has 0 saturated carbocycles. The molecule has 0 amide bonds. The largest absolute Gasteiger partial charge is 0.375 e. The number of hydrogen-bond donors (Lipinski definition) is 1. The Balaban J connectivity index is 1.56. The predicted molar refractivity (Wildman–Crippen MR) is 104 cm³/mol. The van der Waals surface area contributed by atoms with Crippen LogP contribution in [0.2, 0.25) is 0 Å². The molecule has 0 aliphatic carbocycles. The van der Waals surface area contributed by atoms with Gasteiger partial charge in [-0.3, -0.25) is 0 Å². The highest BCUT2D eigenvalue weighted by Crippen LogP contribution is 2.25. The van der Waals surface area contributed by atoms with Crippen LogP contribution >= 0.6 is 0 Å². The summed E-state index contributed by atoms with van der Waals surface area (Å²) < 4.78 is 7.42. The highest BCUT2D eigenvalue weighted by Gasteiger charge is 2.20. The third-order valence-electron chi connectivity index (χ3n) is 4.79. The summed E-state index contributed by atoms with van der Waals surface area (Å²) >= 11 is 0. The van der Waals surface area contributed by atoms with Gasteiger partial charge in [-0.2, -0.15) is 14.8 Å². The third kappa shape index (κ3) is 3.04. The maximum absolute atomic E-state index is 5.63. The van der Waals surface area contributed by atoms with E-state index in [4.69, 9.17) is 14.7 Å². The minimum atomic E-state index is 0.504. The second-order valence-corrected chi connectivity index (χ2v) is 6.55. The number of nitrogens with one attached hydrogen (secondary N) is 1. The van der Waals surface area contributed by atoms with Gasteiger partial charge in [0.1, 0.15) is 5.82 Å². The lowest BCUT2D eigenvalue weighted by atomic mass is 10.1. The summed E-state index contributed by atoms with van der Waals surface area (Å²) in [6.45, 7) is 1.91. The molecule has 0 atom stereocenters. The molecule has 0 bridgehead atoms. The van der Waals surface area contributed by atoms with Crippen molar-refractivity contribution in [1.29, 1.82) is 0 Å². The molecule has 3 heterocycles. The summed E-state index contributed by atoms with van der Waals surface area (Å²) in [6, 6.07) is 18.4. The molecule has 5 rings (SSSR count). The molecule has 0 spiro atoms. The first-order valence-corrected chi connectivity index (χ1v) is 9.07. The molecule has 0 unspecified atom stereocenters. The normalized spacial score (nSPS) is 13.5. The molecule has 0 fully saturated rings. The second-order valence-electron chi connectivity index (χ2n) is 6.55. The van der Waals surface area contributed by atoms with Gasteiger partial charge in [0.05, 0.1) is 30.6 Å². The van der Waals surface area contributed by atoms with E-state index in [9.17, 15) is 0 Å². The average molecular weight is 357 g/mol. The Hall–Kier alpha value is -3.25. The molecule has 6 nitrogen and oxygen atoms in total. The van der Waals surface area contributed by atoms with Crippen LogP contribution in [0.15, 0.2) is 60.8 Å². The summed E-state index contributed by atoms with van der Waals surface area (Å²) in [5.41, 5.74) is 4.27. The van der Waals surface area contributed by atoms with E-state index in [-0.39, 0.29) is 0 Å². The van der Waals surface area contributed by atoms with E-state index < -0.39 is 0 Å². The fourth-order valence-electron chi connectivity index (χ4n) is 3.40. The Labute approximate surface area is 156 Å². The SMILES string of the molecule is c1ccc(CNc2nc(-n3ncc4ccccc43)nc3c2CCOC3)cc1. The molecular formula is C21H19N5O. The number of anilines is 1. The highest BCUT2D eigenvalue weighted by atomic mass is 16.5. The van der Waals surface area contributed by atoms with Gasteiger partial charge in [-0.1, -0.05) is 48.5 Å². The van der Waals surface area contributed by atoms with E-state index in [0.717, 1.165) is 34.4 Å². The van der Waals surface area contributed by atoms with Gasteiger partial charge in [0.25, 0.3) is 5.95 Å². The van der Waals surface area contributed by atoms with E-state index in [1.807, 2.05) is 48.7 Å². The van der Waals surface area contributed by atoms with E-state index in [2.05, 4.69) is 22.5 Å². The fraction of sp³-hybridized carbons (Fsp3) is 0.190. The standard InChI is InChI=1S/C21H19N5O/c1-2-6-15(7-3-1)12-22-20-17-10-11-27-14-18(17)24-21(25-20)26-19-9-5-4-8-16(19)13-23-26/h1-9,13H,10-12,14H2,(H,22,24,25). The van der Waals surface area contributed by atoms with Gasteiger partial charge in [-0.15, -0.1) is 0 Å². The fourth-order valence-corrected chi connectivity index (χ4v) is 3.40. The molecule has 0 saturated heterocycles. The van der Waals surface area contributed by atoms with Gasteiger partial charge in [0, 0.05) is 23.9 Å². The van der Waals surface area contributed by atoms with Gasteiger partial charge in [-0.05, 0) is 11.6 Å². The molecule has 27 heavy (non-hydrogen) atoms. The zero-order valence-electron chi connectivity index (χ0n) is 14.8. The number of benzene rings is 2. The van der Waals surface area contributed by atoms with Gasteiger partial charge in [0.15, 0.2) is 0 Å². The molecule has 0 radical (unpaired) electrons. The van der Waals surface area contributed by atoms with Crippen molar-refractivity contribution >= 4 is 16.7 Å². The van der Waals surface area contributed by atoms with Crippen LogP contribution in [0.1, 0.15) is 16.8 Å². The minimum Gasteiger partial charge on any atom is -0.375 e. The average Bonchev–Trinajstić information content (AvgIpc) is 3.17. The van der Waals surface area contributed by atoms with Crippen molar-refractivity contribution in [2.45, 2.75) is 19.6 Å². The van der Waals surface area contributed by atoms with Gasteiger partial charge in [0.2, 0.25) is 0 Å². The summed E-state index contributed by atoms with van der Waals surface area (Å²) in [6.07, 6.45) is 2.65. The van der Waals surface area contributed by atoms with Crippen LogP contribution in [0.4, 0.5) is 5.82 Å². The summed E-state index contributed by atoms with van der Waals surface area (Å²) in [7, 11) is 0. The monoisotopic (exact) mass is 357 g/mol. The van der Waals surface area contributed by atoms with Crippen molar-refractivity contribution in [2.75, 3.05) is 11.9 Å². The van der Waals surface area contributed by atoms with Gasteiger partial charge >= 0.3 is 0 Å². The Morgan fingerprint density at radius 3 is 2.78 bits per heavy atom. The van der Waals surface area contributed by atoms with E-state index in [1.54, 1.807) is 4.68 Å². The smallest absolute Gasteiger partial charge is 0.253 e. The van der Waals surface area contributed by atoms with Gasteiger partial charge in [-0.25, -0.2) is 4.98 Å². The van der Waals surface area contributed by atoms with Crippen LogP contribution in [-0.4, -0.2) is 26.4 Å². The Kier molecular flexibility index (Phi) is 4.03. The van der Waals surface area contributed by atoms with Crippen molar-refractivity contribution in [3.63, 3.8) is 0 Å². The first kappa shape index (κ1) is 16.0. The second kappa shape index (κ2) is 6.81. The predicted octanol–water partition coefficient (Wildman–Crippen LogP) is 3.50. The number of aromatic nitrogens is 4. The summed E-state index contributed by atoms with van der Waals surface area (Å²) in [5.74, 6) is 1.43. The number of para-hydroxylation sites is 1. The Bertz CT molecular complexity index is 1090. The number of rotatable bonds is 4. The van der Waals surface area contributed by atoms with Crippen LogP contribution in [0, 0.1) is 0 Å². The zero-order valence-corrected chi connectivity index (χ0v) is 14.8.